The van der Waals surface area contributed by atoms with Gasteiger partial charge in [0.05, 0.1) is 5.69 Å². The lowest BCUT2D eigenvalue weighted by molar-refractivity contribution is -0.137. The van der Waals surface area contributed by atoms with Crippen LogP contribution in [0.4, 0.5) is 0 Å². The van der Waals surface area contributed by atoms with Crippen molar-refractivity contribution < 1.29 is 9.90 Å². The van der Waals surface area contributed by atoms with Gasteiger partial charge in [0.25, 0.3) is 0 Å². The zero-order chi connectivity index (χ0) is 10.4. The average Bonchev–Trinajstić information content (AvgIpc) is 2.34. The van der Waals surface area contributed by atoms with E-state index in [-0.39, 0.29) is 6.54 Å². The summed E-state index contributed by atoms with van der Waals surface area (Å²) in [7, 11) is 0. The van der Waals surface area contributed by atoms with Crippen molar-refractivity contribution in [1.82, 2.24) is 9.78 Å². The molecule has 0 spiro atoms. The zero-order valence-electron chi connectivity index (χ0n) is 8.53. The van der Waals surface area contributed by atoms with Crippen LogP contribution in [-0.2, 0) is 11.3 Å². The molecule has 74 valence electrons. The summed E-state index contributed by atoms with van der Waals surface area (Å²) in [4.78, 5) is 10.2. The van der Waals surface area contributed by atoms with Gasteiger partial charge in [-0.15, -0.1) is 0 Å². The molecule has 0 atom stereocenters. The lowest BCUT2D eigenvalue weighted by Gasteiger charge is -1.92. The molecule has 0 saturated heterocycles. The summed E-state index contributed by atoms with van der Waals surface area (Å²) in [5, 5.41) is 12.4. The molecule has 1 aromatic heterocycles. The predicted molar refractivity (Wildman–Crippen MR) is 50.7 cm³/mol. The molecule has 0 amide bonds. The number of carbonyl (C=O) groups is 1. The van der Waals surface area contributed by atoms with Crippen molar-refractivity contribution in [2.75, 3.05) is 0 Å². The van der Waals surface area contributed by atoms with Crippen LogP contribution in [0.1, 0.15) is 25.1 Å². The maximum absolute atomic E-state index is 10.2. The molecule has 4 heteroatoms. The van der Waals surface area contributed by atoms with E-state index in [1.165, 1.54) is 4.68 Å². The molecule has 0 saturated carbocycles. The van der Waals surface area contributed by atoms with Gasteiger partial charge in [-0.25, -0.2) is 0 Å². The number of aliphatic carboxylic acids is 1. The third-order valence-corrected chi connectivity index (χ3v) is 1.49. The van der Waals surface area contributed by atoms with Crippen LogP contribution < -0.4 is 0 Å². The fraction of sp³-hybridized carbons (Fsp3) is 0.556. The van der Waals surface area contributed by atoms with Gasteiger partial charge < -0.3 is 5.11 Å². The van der Waals surface area contributed by atoms with E-state index in [9.17, 15) is 4.79 Å². The molecule has 0 aliphatic rings. The standard InChI is InChI=1S/C7H10N2O2.C2H6/c1-5-3-9(4-7(10)11)8-6(5)2;1-2/h3H,4H2,1-2H3,(H,10,11);1-2H3. The summed E-state index contributed by atoms with van der Waals surface area (Å²) in [6.45, 7) is 7.70. The van der Waals surface area contributed by atoms with Crippen LogP contribution in [0.3, 0.4) is 0 Å². The number of carboxylic acid groups (broad SMARTS) is 1. The minimum Gasteiger partial charge on any atom is -0.480 e. The first-order valence-electron chi connectivity index (χ1n) is 4.32. The largest absolute Gasteiger partial charge is 0.480 e. The molecule has 0 unspecified atom stereocenters. The van der Waals surface area contributed by atoms with Crippen molar-refractivity contribution in [3.05, 3.63) is 17.5 Å². The maximum Gasteiger partial charge on any atom is 0.325 e. The van der Waals surface area contributed by atoms with Crippen molar-refractivity contribution in [3.63, 3.8) is 0 Å². The first-order chi connectivity index (χ1) is 6.09. The highest BCUT2D eigenvalue weighted by Gasteiger charge is 2.02. The molecule has 0 aliphatic carbocycles. The van der Waals surface area contributed by atoms with Gasteiger partial charge in [-0.1, -0.05) is 13.8 Å². The van der Waals surface area contributed by atoms with E-state index in [1.807, 2.05) is 27.7 Å². The molecule has 1 heterocycles. The molecular formula is C9H16N2O2. The lowest BCUT2D eigenvalue weighted by atomic mass is 10.3. The highest BCUT2D eigenvalue weighted by Crippen LogP contribution is 2.01. The number of rotatable bonds is 2. The van der Waals surface area contributed by atoms with Crippen molar-refractivity contribution in [1.29, 1.82) is 0 Å². The number of carboxylic acids is 1. The van der Waals surface area contributed by atoms with E-state index in [4.69, 9.17) is 5.11 Å². The highest BCUT2D eigenvalue weighted by molar-refractivity contribution is 5.66. The van der Waals surface area contributed by atoms with Gasteiger partial charge in [0.1, 0.15) is 6.54 Å². The Morgan fingerprint density at radius 1 is 1.54 bits per heavy atom. The van der Waals surface area contributed by atoms with E-state index >= 15 is 0 Å². The molecule has 0 aliphatic heterocycles. The molecule has 1 aromatic rings. The van der Waals surface area contributed by atoms with Gasteiger partial charge >= 0.3 is 5.97 Å². The molecule has 13 heavy (non-hydrogen) atoms. The van der Waals surface area contributed by atoms with Crippen LogP contribution >= 0.6 is 0 Å². The summed E-state index contributed by atoms with van der Waals surface area (Å²) in [6.07, 6.45) is 1.73. The Morgan fingerprint density at radius 2 is 2.08 bits per heavy atom. The minimum absolute atomic E-state index is 0.0608. The quantitative estimate of drug-likeness (QED) is 0.759. The summed E-state index contributed by atoms with van der Waals surface area (Å²) in [5.41, 5.74) is 1.90. The topological polar surface area (TPSA) is 55.1 Å². The molecule has 0 bridgehead atoms. The van der Waals surface area contributed by atoms with Crippen molar-refractivity contribution in [2.45, 2.75) is 34.2 Å². The van der Waals surface area contributed by atoms with E-state index in [0.29, 0.717) is 0 Å². The number of aromatic nitrogens is 2. The van der Waals surface area contributed by atoms with Crippen LogP contribution in [0.5, 0.6) is 0 Å². The number of hydrogen-bond donors (Lipinski definition) is 1. The van der Waals surface area contributed by atoms with Gasteiger partial charge in [0.2, 0.25) is 0 Å². The van der Waals surface area contributed by atoms with Crippen LogP contribution in [0.15, 0.2) is 6.20 Å². The second-order valence-corrected chi connectivity index (χ2v) is 2.49. The Hall–Kier alpha value is -1.32. The molecule has 1 N–H and O–H groups in total. The first-order valence-corrected chi connectivity index (χ1v) is 4.32. The summed E-state index contributed by atoms with van der Waals surface area (Å²) >= 11 is 0. The van der Waals surface area contributed by atoms with Gasteiger partial charge in [0.15, 0.2) is 0 Å². The Morgan fingerprint density at radius 3 is 2.38 bits per heavy atom. The van der Waals surface area contributed by atoms with Crippen LogP contribution in [0.2, 0.25) is 0 Å². The molecule has 4 nitrogen and oxygen atoms in total. The maximum atomic E-state index is 10.2. The minimum atomic E-state index is -0.868. The van der Waals surface area contributed by atoms with Crippen molar-refractivity contribution in [3.8, 4) is 0 Å². The predicted octanol–water partition coefficient (Wildman–Crippen LogP) is 1.61. The van der Waals surface area contributed by atoms with Crippen LogP contribution in [0.25, 0.3) is 0 Å². The third kappa shape index (κ3) is 3.73. The van der Waals surface area contributed by atoms with Gasteiger partial charge in [-0.3, -0.25) is 9.48 Å². The normalized spacial score (nSPS) is 8.92. The van der Waals surface area contributed by atoms with Gasteiger partial charge in [-0.2, -0.15) is 5.10 Å². The smallest absolute Gasteiger partial charge is 0.325 e. The van der Waals surface area contributed by atoms with E-state index in [1.54, 1.807) is 6.20 Å². The lowest BCUT2D eigenvalue weighted by Crippen LogP contribution is -2.08. The monoisotopic (exact) mass is 184 g/mol. The molecule has 0 fully saturated rings. The Balaban J connectivity index is 0.000000671. The highest BCUT2D eigenvalue weighted by atomic mass is 16.4. The Kier molecular flexibility index (Phi) is 4.80. The molecule has 0 aromatic carbocycles. The third-order valence-electron chi connectivity index (χ3n) is 1.49. The fourth-order valence-electron chi connectivity index (χ4n) is 0.837. The van der Waals surface area contributed by atoms with Gasteiger partial charge in [0, 0.05) is 6.20 Å². The molecule has 0 radical (unpaired) electrons. The average molecular weight is 184 g/mol. The zero-order valence-corrected chi connectivity index (χ0v) is 8.53. The molecule has 1 rings (SSSR count). The fourth-order valence-corrected chi connectivity index (χ4v) is 0.837. The van der Waals surface area contributed by atoms with Crippen LogP contribution in [-0.4, -0.2) is 20.9 Å². The first kappa shape index (κ1) is 11.7. The van der Waals surface area contributed by atoms with E-state index in [0.717, 1.165) is 11.3 Å². The molecular weight excluding hydrogens is 168 g/mol. The van der Waals surface area contributed by atoms with Crippen molar-refractivity contribution >= 4 is 5.97 Å². The van der Waals surface area contributed by atoms with Crippen molar-refractivity contribution in [2.24, 2.45) is 0 Å². The Labute approximate surface area is 78.2 Å². The van der Waals surface area contributed by atoms with E-state index in [2.05, 4.69) is 5.10 Å². The number of hydrogen-bond acceptors (Lipinski definition) is 2. The number of nitrogens with zero attached hydrogens (tertiary/aromatic N) is 2. The summed E-state index contributed by atoms with van der Waals surface area (Å²) < 4.78 is 1.42. The second kappa shape index (κ2) is 5.35. The summed E-state index contributed by atoms with van der Waals surface area (Å²) in [6, 6.07) is 0. The SMILES string of the molecule is CC.Cc1cn(CC(=O)O)nc1C. The van der Waals surface area contributed by atoms with E-state index < -0.39 is 5.97 Å². The van der Waals surface area contributed by atoms with Crippen LogP contribution in [0, 0.1) is 13.8 Å². The Bertz CT molecular complexity index is 260. The summed E-state index contributed by atoms with van der Waals surface area (Å²) in [5.74, 6) is -0.868. The second-order valence-electron chi connectivity index (χ2n) is 2.49. The number of aryl methyl sites for hydroxylation is 2. The van der Waals surface area contributed by atoms with Gasteiger partial charge in [-0.05, 0) is 19.4 Å².